The third-order valence-electron chi connectivity index (χ3n) is 8.56. The van der Waals surface area contributed by atoms with Crippen LogP contribution >= 0.6 is 11.3 Å². The van der Waals surface area contributed by atoms with E-state index in [1.165, 1.54) is 28.8 Å². The fourth-order valence-electron chi connectivity index (χ4n) is 6.33. The first-order chi connectivity index (χ1) is 18.8. The van der Waals surface area contributed by atoms with Crippen molar-refractivity contribution in [2.45, 2.75) is 51.6 Å². The number of H-pyrrole nitrogens is 1. The molecule has 1 fully saturated rings. The molecular weight excluding hydrogens is 700 g/mol. The molecule has 10 nitrogen and oxygen atoms in total. The second-order valence-corrected chi connectivity index (χ2v) is 12.0. The second kappa shape index (κ2) is 11.2. The number of aryl methyl sites for hydroxylation is 1. The van der Waals surface area contributed by atoms with Crippen LogP contribution in [0, 0.1) is 5.41 Å². The van der Waals surface area contributed by atoms with Gasteiger partial charge in [0.2, 0.25) is 0 Å². The number of rotatable bonds is 2. The smallest absolute Gasteiger partial charge is 0.295 e. The number of nitrogens with two attached hydrogens (primary N) is 1. The van der Waals surface area contributed by atoms with Gasteiger partial charge in [0.1, 0.15) is 16.2 Å². The second-order valence-electron chi connectivity index (χ2n) is 10.9. The Morgan fingerprint density at radius 2 is 1.88 bits per heavy atom. The minimum absolute atomic E-state index is 0. The van der Waals surface area contributed by atoms with E-state index < -0.39 is 10.9 Å². The zero-order valence-electron chi connectivity index (χ0n) is 22.0. The molecule has 0 amide bonds. The molecule has 1 spiro atoms. The van der Waals surface area contributed by atoms with Gasteiger partial charge < -0.3 is 26.8 Å². The summed E-state index contributed by atoms with van der Waals surface area (Å²) in [6.07, 6.45) is 6.45. The molecule has 7 rings (SSSR count). The number of nitrogen functional groups attached to an aromatic ring is 1. The van der Waals surface area contributed by atoms with Gasteiger partial charge in [-0.1, -0.05) is 23.8 Å². The molecule has 0 unspecified atom stereocenters. The monoisotopic (exact) mass is 731 g/mol. The van der Waals surface area contributed by atoms with Gasteiger partial charge in [0.05, 0.1) is 5.39 Å². The zero-order chi connectivity index (χ0) is 27.3. The van der Waals surface area contributed by atoms with Crippen molar-refractivity contribution in [1.29, 1.82) is 0 Å². The number of hydrogen-bond acceptors (Lipinski definition) is 9. The summed E-state index contributed by atoms with van der Waals surface area (Å²) in [7, 11) is 0. The number of nitrogens with zero attached hydrogens (tertiary/aromatic N) is 2. The van der Waals surface area contributed by atoms with E-state index in [4.69, 9.17) is 11.5 Å². The Bertz CT molecular complexity index is 1700. The van der Waals surface area contributed by atoms with Crippen molar-refractivity contribution in [2.75, 3.05) is 30.3 Å². The molecule has 0 atom stereocenters. The van der Waals surface area contributed by atoms with Gasteiger partial charge in [-0.2, -0.15) is 4.98 Å². The molecule has 4 heterocycles. The van der Waals surface area contributed by atoms with E-state index >= 15 is 0 Å². The van der Waals surface area contributed by atoms with E-state index in [-0.39, 0.29) is 44.9 Å². The predicted molar refractivity (Wildman–Crippen MR) is 153 cm³/mol. The SMILES string of the molecule is O=c1[nH]c(O)nc2sc3c(c12)CCC1(CCNCC1)C3.[NH-]Cc1ccc2c(c1)CN(c1c(N)c(=O)c1=O)CC2.[W]. The average Bonchev–Trinajstić information content (AvgIpc) is 3.30. The number of nitrogens with one attached hydrogen (secondary N) is 3. The van der Waals surface area contributed by atoms with Gasteiger partial charge in [0, 0.05) is 39.0 Å². The van der Waals surface area contributed by atoms with Crippen LogP contribution in [0.2, 0.25) is 0 Å². The van der Waals surface area contributed by atoms with E-state index in [1.807, 2.05) is 23.1 Å². The topological polar surface area (TPSA) is 165 Å². The van der Waals surface area contributed by atoms with Gasteiger partial charge in [-0.25, -0.2) is 0 Å². The van der Waals surface area contributed by atoms with Crippen molar-refractivity contribution in [3.8, 4) is 6.01 Å². The molecule has 1 aliphatic carbocycles. The van der Waals surface area contributed by atoms with Crippen LogP contribution in [0.25, 0.3) is 16.0 Å². The Morgan fingerprint density at radius 1 is 1.10 bits per heavy atom. The number of fused-ring (bicyclic) bond motifs is 4. The van der Waals surface area contributed by atoms with Crippen molar-refractivity contribution in [3.63, 3.8) is 0 Å². The van der Waals surface area contributed by atoms with Crippen molar-refractivity contribution < 1.29 is 26.2 Å². The first-order valence-corrected chi connectivity index (χ1v) is 14.1. The van der Waals surface area contributed by atoms with Crippen molar-refractivity contribution in [3.05, 3.63) is 81.9 Å². The van der Waals surface area contributed by atoms with Gasteiger partial charge in [-0.3, -0.25) is 19.4 Å². The van der Waals surface area contributed by atoms with E-state index in [2.05, 4.69) is 15.3 Å². The van der Waals surface area contributed by atoms with Crippen LogP contribution in [-0.4, -0.2) is 34.7 Å². The fraction of sp³-hybridized carbons (Fsp3) is 0.429. The number of aromatic amines is 1. The van der Waals surface area contributed by atoms with Crippen molar-refractivity contribution in [2.24, 2.45) is 5.41 Å². The maximum atomic E-state index is 12.0. The molecule has 2 aliphatic heterocycles. The number of hydrogen-bond donors (Lipinski definition) is 4. The number of aromatic hydroxyl groups is 1. The number of piperidine rings is 1. The molecule has 3 aliphatic rings. The third kappa shape index (κ3) is 5.04. The van der Waals surface area contributed by atoms with Crippen LogP contribution < -0.4 is 32.4 Å². The van der Waals surface area contributed by atoms with E-state index in [0.717, 1.165) is 49.9 Å². The molecular formula is C28H31N6O4SW-. The molecule has 6 N–H and O–H groups in total. The predicted octanol–water partition coefficient (Wildman–Crippen LogP) is 2.53. The van der Waals surface area contributed by atoms with Crippen molar-refractivity contribution >= 4 is 32.9 Å². The number of benzene rings is 1. The summed E-state index contributed by atoms with van der Waals surface area (Å²) >= 11 is 1.58. The quantitative estimate of drug-likeness (QED) is 0.229. The summed E-state index contributed by atoms with van der Waals surface area (Å²) in [6, 6.07) is 5.73. The molecule has 1 saturated heterocycles. The van der Waals surface area contributed by atoms with Crippen LogP contribution in [0.4, 0.5) is 11.4 Å². The molecule has 2 aromatic heterocycles. The summed E-state index contributed by atoms with van der Waals surface area (Å²) in [4.78, 5) is 45.1. The largest absolute Gasteiger partial charge is 0.674 e. The third-order valence-corrected chi connectivity index (χ3v) is 9.69. The molecule has 40 heavy (non-hydrogen) atoms. The van der Waals surface area contributed by atoms with E-state index in [0.29, 0.717) is 34.4 Å². The molecule has 0 saturated carbocycles. The maximum absolute atomic E-state index is 12.0. The molecule has 2 aromatic carbocycles. The minimum atomic E-state index is -0.569. The van der Waals surface area contributed by atoms with Gasteiger partial charge in [-0.15, -0.1) is 17.9 Å². The average molecular weight is 732 g/mol. The van der Waals surface area contributed by atoms with Crippen LogP contribution in [0.15, 0.2) is 32.6 Å². The first kappa shape index (κ1) is 28.7. The first-order valence-electron chi connectivity index (χ1n) is 13.3. The Kier molecular flexibility index (Phi) is 8.03. The molecule has 4 aromatic rings. The number of thiophene rings is 1. The van der Waals surface area contributed by atoms with E-state index in [9.17, 15) is 19.5 Å². The zero-order valence-corrected chi connectivity index (χ0v) is 25.7. The molecule has 210 valence electrons. The van der Waals surface area contributed by atoms with Crippen LogP contribution in [0.5, 0.6) is 6.01 Å². The van der Waals surface area contributed by atoms with Gasteiger partial charge in [0.25, 0.3) is 22.4 Å². The van der Waals surface area contributed by atoms with Crippen LogP contribution in [0.1, 0.15) is 46.4 Å². The maximum Gasteiger partial charge on any atom is 0.295 e. The summed E-state index contributed by atoms with van der Waals surface area (Å²) in [6.45, 7) is 3.72. The number of anilines is 2. The Labute approximate surface area is 248 Å². The fourth-order valence-corrected chi connectivity index (χ4v) is 7.72. The van der Waals surface area contributed by atoms with E-state index in [1.54, 1.807) is 11.3 Å². The van der Waals surface area contributed by atoms with Gasteiger partial charge in [-0.05, 0) is 73.7 Å². The standard InChI is InChI=1S/C14H17N3O2S.C14H14N3O2.W/c18-11-10-8-1-2-14(3-5-15-6-4-14)7-9(8)20-12(10)17-13(19)16-11;15-6-8-1-2-9-3-4-17(7-10(9)5-8)12-11(16)13(18)14(12)19;/h15H,1-7H2,(H2,16,17,18,19);1-2,5,15H,3-4,6-7,16H2;/q;-1;. The summed E-state index contributed by atoms with van der Waals surface area (Å²) < 4.78 is 0. The van der Waals surface area contributed by atoms with Crippen LogP contribution in [0.3, 0.4) is 0 Å². The Morgan fingerprint density at radius 3 is 2.60 bits per heavy atom. The van der Waals surface area contributed by atoms with Gasteiger partial charge >= 0.3 is 0 Å². The summed E-state index contributed by atoms with van der Waals surface area (Å²) in [5, 5.41) is 13.6. The summed E-state index contributed by atoms with van der Waals surface area (Å²) in [5.41, 5.74) is 17.1. The van der Waals surface area contributed by atoms with Crippen molar-refractivity contribution in [1.82, 2.24) is 15.3 Å². The normalized spacial score (nSPS) is 17.6. The Balaban J connectivity index is 0.000000158. The number of aromatic nitrogens is 2. The molecule has 0 bridgehead atoms. The molecule has 12 heteroatoms. The Hall–Kier alpha value is -2.85. The van der Waals surface area contributed by atoms with Crippen LogP contribution in [-0.2, 0) is 53.4 Å². The molecule has 0 radical (unpaired) electrons. The minimum Gasteiger partial charge on any atom is -0.674 e. The van der Waals surface area contributed by atoms with Gasteiger partial charge in [0.15, 0.2) is 0 Å². The summed E-state index contributed by atoms with van der Waals surface area (Å²) in [5.74, 6) is 0.